The van der Waals surface area contributed by atoms with E-state index in [9.17, 15) is 9.90 Å². The summed E-state index contributed by atoms with van der Waals surface area (Å²) < 4.78 is 1.99. The second-order valence-electron chi connectivity index (χ2n) is 9.90. The smallest absolute Gasteiger partial charge is 0.308 e. The lowest BCUT2D eigenvalue weighted by Crippen LogP contribution is -2.21. The number of aliphatic imine (C=N–C) groups is 1. The fourth-order valence-electron chi connectivity index (χ4n) is 4.89. The Morgan fingerprint density at radius 1 is 1.05 bits per heavy atom. The molecule has 0 saturated carbocycles. The molecule has 0 fully saturated rings. The first kappa shape index (κ1) is 25.9. The standard InChI is InChI=1S/C30H33N5O2S/c1-18-20(3)38-29-25(18)27(32-26(19(2)30(36)37)28-34-33-21(4)35(28)29)23-13-15-24(16-14-23)31-17-9-8-12-22-10-6-5-7-11-22/h5-7,10-11,13-16,19,26,31H,8-9,12,17H2,1-4H3,(H,36,37)/t19-,26?/m0/s1. The summed E-state index contributed by atoms with van der Waals surface area (Å²) in [6.07, 6.45) is 3.32. The number of aromatic nitrogens is 3. The van der Waals surface area contributed by atoms with Crippen LogP contribution in [0.5, 0.6) is 0 Å². The summed E-state index contributed by atoms with van der Waals surface area (Å²) in [6.45, 7) is 8.70. The topological polar surface area (TPSA) is 92.4 Å². The van der Waals surface area contributed by atoms with Crippen molar-refractivity contribution in [3.63, 3.8) is 0 Å². The molecule has 2 aromatic heterocycles. The highest BCUT2D eigenvalue weighted by molar-refractivity contribution is 7.15. The maximum Gasteiger partial charge on any atom is 0.308 e. The van der Waals surface area contributed by atoms with E-state index in [-0.39, 0.29) is 0 Å². The predicted octanol–water partition coefficient (Wildman–Crippen LogP) is 6.30. The van der Waals surface area contributed by atoms with Crippen LogP contribution in [0.25, 0.3) is 5.00 Å². The quantitative estimate of drug-likeness (QED) is 0.249. The molecule has 1 aliphatic rings. The fourth-order valence-corrected chi connectivity index (χ4v) is 6.11. The van der Waals surface area contributed by atoms with Crippen LogP contribution in [0.3, 0.4) is 0 Å². The summed E-state index contributed by atoms with van der Waals surface area (Å²) in [5.41, 5.74) is 6.37. The van der Waals surface area contributed by atoms with Gasteiger partial charge < -0.3 is 10.4 Å². The molecule has 3 heterocycles. The normalized spacial score (nSPS) is 15.3. The average Bonchev–Trinajstić information content (AvgIpc) is 3.39. The van der Waals surface area contributed by atoms with E-state index in [1.54, 1.807) is 18.3 Å². The van der Waals surface area contributed by atoms with Gasteiger partial charge in [0.1, 0.15) is 16.9 Å². The Balaban J connectivity index is 1.40. The van der Waals surface area contributed by atoms with E-state index in [2.05, 4.69) is 84.0 Å². The minimum absolute atomic E-state index is 0.573. The lowest BCUT2D eigenvalue weighted by atomic mass is 9.98. The zero-order valence-corrected chi connectivity index (χ0v) is 23.0. The van der Waals surface area contributed by atoms with E-state index in [1.807, 2.05) is 11.5 Å². The number of thiophene rings is 1. The number of hydrogen-bond acceptors (Lipinski definition) is 6. The highest BCUT2D eigenvalue weighted by Gasteiger charge is 2.36. The van der Waals surface area contributed by atoms with Crippen LogP contribution < -0.4 is 5.32 Å². The van der Waals surface area contributed by atoms with Crippen molar-refractivity contribution >= 4 is 28.7 Å². The van der Waals surface area contributed by atoms with Gasteiger partial charge >= 0.3 is 5.97 Å². The predicted molar refractivity (Wildman–Crippen MR) is 153 cm³/mol. The number of carbonyl (C=O) groups is 1. The monoisotopic (exact) mass is 527 g/mol. The van der Waals surface area contributed by atoms with Crippen LogP contribution in [0.1, 0.15) is 64.6 Å². The number of aryl methyl sites for hydroxylation is 3. The van der Waals surface area contributed by atoms with E-state index in [0.29, 0.717) is 5.82 Å². The SMILES string of the molecule is Cc1sc2c(c1C)C(c1ccc(NCCCCc3ccccc3)cc1)=NC([C@H](C)C(=O)O)c1nnc(C)n1-2. The first-order valence-corrected chi connectivity index (χ1v) is 13.9. The number of anilines is 1. The Morgan fingerprint density at radius 3 is 2.50 bits per heavy atom. The third-order valence-corrected chi connectivity index (χ3v) is 8.47. The Bertz CT molecular complexity index is 1470. The van der Waals surface area contributed by atoms with Crippen LogP contribution in [0.15, 0.2) is 59.6 Å². The molecule has 2 atom stereocenters. The molecule has 196 valence electrons. The number of nitrogens with zero attached hydrogens (tertiary/aromatic N) is 4. The number of aliphatic carboxylic acids is 1. The molecular formula is C30H33N5O2S. The average molecular weight is 528 g/mol. The lowest BCUT2D eigenvalue weighted by molar-refractivity contribution is -0.141. The molecular weight excluding hydrogens is 494 g/mol. The highest BCUT2D eigenvalue weighted by atomic mass is 32.1. The molecule has 4 aromatic rings. The molecule has 2 N–H and O–H groups in total. The summed E-state index contributed by atoms with van der Waals surface area (Å²) in [7, 11) is 0. The molecule has 2 aromatic carbocycles. The molecule has 38 heavy (non-hydrogen) atoms. The molecule has 0 saturated heterocycles. The second kappa shape index (κ2) is 10.9. The van der Waals surface area contributed by atoms with E-state index in [1.165, 1.54) is 10.4 Å². The van der Waals surface area contributed by atoms with Gasteiger partial charge in [-0.25, -0.2) is 0 Å². The first-order valence-electron chi connectivity index (χ1n) is 13.1. The van der Waals surface area contributed by atoms with Gasteiger partial charge in [0.25, 0.3) is 0 Å². The van der Waals surface area contributed by atoms with Gasteiger partial charge in [-0.15, -0.1) is 21.5 Å². The third-order valence-electron chi connectivity index (χ3n) is 7.27. The number of nitrogens with one attached hydrogen (secondary N) is 1. The molecule has 1 aliphatic heterocycles. The molecule has 0 spiro atoms. The molecule has 5 rings (SSSR count). The van der Waals surface area contributed by atoms with Crippen LogP contribution in [0.2, 0.25) is 0 Å². The fraction of sp³-hybridized carbons (Fsp3) is 0.333. The second-order valence-corrected chi connectivity index (χ2v) is 11.1. The minimum atomic E-state index is -0.907. The van der Waals surface area contributed by atoms with Gasteiger partial charge in [-0.3, -0.25) is 14.4 Å². The number of fused-ring (bicyclic) bond motifs is 3. The molecule has 8 heteroatoms. The Labute approximate surface area is 227 Å². The van der Waals surface area contributed by atoms with E-state index >= 15 is 0 Å². The maximum absolute atomic E-state index is 12.0. The number of carboxylic acid groups (broad SMARTS) is 1. The molecule has 1 unspecified atom stereocenters. The van der Waals surface area contributed by atoms with Crippen LogP contribution in [0, 0.1) is 26.7 Å². The Kier molecular flexibility index (Phi) is 7.42. The van der Waals surface area contributed by atoms with Crippen molar-refractivity contribution in [1.82, 2.24) is 14.8 Å². The first-order chi connectivity index (χ1) is 18.3. The minimum Gasteiger partial charge on any atom is -0.481 e. The van der Waals surface area contributed by atoms with Gasteiger partial charge in [0, 0.05) is 28.2 Å². The van der Waals surface area contributed by atoms with E-state index < -0.39 is 17.9 Å². The Morgan fingerprint density at radius 2 is 1.79 bits per heavy atom. The van der Waals surface area contributed by atoms with Gasteiger partial charge in [0.2, 0.25) is 0 Å². The van der Waals surface area contributed by atoms with E-state index in [0.717, 1.165) is 64.7 Å². The van der Waals surface area contributed by atoms with Crippen LogP contribution in [-0.4, -0.2) is 38.1 Å². The number of unbranched alkanes of at least 4 members (excludes halogenated alkanes) is 1. The zero-order valence-electron chi connectivity index (χ0n) is 22.2. The molecule has 0 aliphatic carbocycles. The summed E-state index contributed by atoms with van der Waals surface area (Å²) in [5, 5.41) is 23.1. The van der Waals surface area contributed by atoms with Crippen molar-refractivity contribution in [1.29, 1.82) is 0 Å². The van der Waals surface area contributed by atoms with Crippen molar-refractivity contribution in [3.8, 4) is 5.00 Å². The van der Waals surface area contributed by atoms with Gasteiger partial charge in [0.15, 0.2) is 5.82 Å². The number of rotatable bonds is 9. The highest BCUT2D eigenvalue weighted by Crippen LogP contribution is 2.40. The lowest BCUT2D eigenvalue weighted by Gasteiger charge is -2.16. The number of benzene rings is 2. The number of hydrogen-bond donors (Lipinski definition) is 2. The Hall–Kier alpha value is -3.78. The van der Waals surface area contributed by atoms with Gasteiger partial charge in [-0.05, 0) is 70.2 Å². The summed E-state index contributed by atoms with van der Waals surface area (Å²) in [6, 6.07) is 18.2. The van der Waals surface area contributed by atoms with Crippen molar-refractivity contribution in [2.45, 2.75) is 53.0 Å². The zero-order chi connectivity index (χ0) is 26.8. The van der Waals surface area contributed by atoms with Crippen molar-refractivity contribution in [2.75, 3.05) is 11.9 Å². The summed E-state index contributed by atoms with van der Waals surface area (Å²) >= 11 is 1.67. The van der Waals surface area contributed by atoms with Crippen LogP contribution >= 0.6 is 11.3 Å². The molecule has 0 radical (unpaired) electrons. The molecule has 0 amide bonds. The number of carboxylic acids is 1. The maximum atomic E-state index is 12.0. The van der Waals surface area contributed by atoms with Gasteiger partial charge in [0.05, 0.1) is 11.6 Å². The summed E-state index contributed by atoms with van der Waals surface area (Å²) in [5.74, 6) is -0.355. The van der Waals surface area contributed by atoms with Crippen LogP contribution in [0.4, 0.5) is 5.69 Å². The summed E-state index contributed by atoms with van der Waals surface area (Å²) in [4.78, 5) is 18.3. The van der Waals surface area contributed by atoms with Crippen LogP contribution in [-0.2, 0) is 11.2 Å². The van der Waals surface area contributed by atoms with Crippen molar-refractivity contribution < 1.29 is 9.90 Å². The third kappa shape index (κ3) is 5.00. The van der Waals surface area contributed by atoms with Gasteiger partial charge in [-0.1, -0.05) is 42.5 Å². The largest absolute Gasteiger partial charge is 0.481 e. The molecule has 0 bridgehead atoms. The van der Waals surface area contributed by atoms with Gasteiger partial charge in [-0.2, -0.15) is 0 Å². The van der Waals surface area contributed by atoms with Crippen molar-refractivity contribution in [3.05, 3.63) is 93.4 Å². The van der Waals surface area contributed by atoms with E-state index in [4.69, 9.17) is 4.99 Å². The molecule has 7 nitrogen and oxygen atoms in total. The van der Waals surface area contributed by atoms with Crippen molar-refractivity contribution in [2.24, 2.45) is 10.9 Å².